The van der Waals surface area contributed by atoms with Crippen molar-refractivity contribution in [3.05, 3.63) is 58.3 Å². The highest BCUT2D eigenvalue weighted by atomic mass is 32.1. The van der Waals surface area contributed by atoms with Crippen LogP contribution in [0, 0.1) is 0 Å². The van der Waals surface area contributed by atoms with Crippen molar-refractivity contribution in [2.75, 3.05) is 0 Å². The summed E-state index contributed by atoms with van der Waals surface area (Å²) in [6.45, 7) is 0. The lowest BCUT2D eigenvalue weighted by Crippen LogP contribution is -2.43. The molecule has 3 amide bonds. The molecule has 1 radical (unpaired) electrons. The highest BCUT2D eigenvalue weighted by molar-refractivity contribution is 7.10. The molecule has 0 aliphatic rings. The minimum absolute atomic E-state index is 0.529. The Morgan fingerprint density at radius 3 is 2.36 bits per heavy atom. The monoisotopic (exact) mass is 316 g/mol. The van der Waals surface area contributed by atoms with Gasteiger partial charge in [-0.05, 0) is 17.0 Å². The zero-order valence-corrected chi connectivity index (χ0v) is 12.3. The van der Waals surface area contributed by atoms with Crippen LogP contribution in [0.3, 0.4) is 0 Å². The van der Waals surface area contributed by atoms with Gasteiger partial charge in [-0.15, -0.1) is 11.3 Å². The minimum atomic E-state index is -0.947. The lowest BCUT2D eigenvalue weighted by atomic mass is 10.1. The van der Waals surface area contributed by atoms with E-state index in [1.54, 1.807) is 54.1 Å². The summed E-state index contributed by atoms with van der Waals surface area (Å²) < 4.78 is 0. The Morgan fingerprint density at radius 1 is 1.09 bits per heavy atom. The fourth-order valence-corrected chi connectivity index (χ4v) is 2.69. The third-order valence-electron chi connectivity index (χ3n) is 2.91. The Balaban J connectivity index is 2.16. The molecule has 22 heavy (non-hydrogen) atoms. The van der Waals surface area contributed by atoms with Crippen molar-refractivity contribution in [3.8, 4) is 0 Å². The standard InChI is InChI=1S/C15H14N3O3S/c16-15(21)18-13(12-7-4-8-22-12)14(20)17-11(9-19)10-5-2-1-3-6-10/h1-8,11,13H,(H,17,20)(H3,16,18,21). The summed E-state index contributed by atoms with van der Waals surface area (Å²) in [6.07, 6.45) is 1.78. The third-order valence-corrected chi connectivity index (χ3v) is 3.85. The Hall–Kier alpha value is -2.67. The molecule has 2 rings (SSSR count). The van der Waals surface area contributed by atoms with Gasteiger partial charge in [0.2, 0.25) is 12.2 Å². The lowest BCUT2D eigenvalue weighted by Gasteiger charge is -2.19. The van der Waals surface area contributed by atoms with Crippen molar-refractivity contribution >= 4 is 29.6 Å². The number of rotatable bonds is 6. The second-order valence-corrected chi connectivity index (χ2v) is 5.41. The average Bonchev–Trinajstić information content (AvgIpc) is 3.04. The predicted molar refractivity (Wildman–Crippen MR) is 82.8 cm³/mol. The van der Waals surface area contributed by atoms with Crippen LogP contribution < -0.4 is 16.4 Å². The van der Waals surface area contributed by atoms with Crippen molar-refractivity contribution in [1.82, 2.24) is 10.6 Å². The molecule has 2 aromatic rings. The number of thiophene rings is 1. The van der Waals surface area contributed by atoms with E-state index in [0.717, 1.165) is 0 Å². The van der Waals surface area contributed by atoms with E-state index in [2.05, 4.69) is 10.6 Å². The summed E-state index contributed by atoms with van der Waals surface area (Å²) in [6, 6.07) is 9.50. The van der Waals surface area contributed by atoms with Crippen molar-refractivity contribution in [1.29, 1.82) is 0 Å². The topological polar surface area (TPSA) is 101 Å². The molecule has 1 heterocycles. The van der Waals surface area contributed by atoms with Crippen LogP contribution in [-0.4, -0.2) is 18.2 Å². The Labute approximate surface area is 131 Å². The normalized spacial score (nSPS) is 12.9. The molecule has 1 aromatic heterocycles. The van der Waals surface area contributed by atoms with E-state index in [1.807, 2.05) is 0 Å². The number of carbonyl (C=O) groups is 2. The molecule has 1 aromatic carbocycles. The molecule has 113 valence electrons. The predicted octanol–water partition coefficient (Wildman–Crippen LogP) is 1.42. The van der Waals surface area contributed by atoms with E-state index in [4.69, 9.17) is 5.73 Å². The van der Waals surface area contributed by atoms with E-state index >= 15 is 0 Å². The van der Waals surface area contributed by atoms with Crippen LogP contribution in [-0.2, 0) is 9.59 Å². The van der Waals surface area contributed by atoms with Crippen LogP contribution in [0.4, 0.5) is 4.79 Å². The maximum atomic E-state index is 12.4. The molecule has 0 saturated carbocycles. The van der Waals surface area contributed by atoms with Gasteiger partial charge < -0.3 is 16.4 Å². The number of primary amides is 1. The second kappa shape index (κ2) is 7.37. The number of nitrogens with two attached hydrogens (primary N) is 1. The van der Waals surface area contributed by atoms with E-state index in [9.17, 15) is 14.4 Å². The van der Waals surface area contributed by atoms with Crippen LogP contribution in [0.25, 0.3) is 0 Å². The Kier molecular flexibility index (Phi) is 5.26. The first kappa shape index (κ1) is 15.7. The molecule has 4 N–H and O–H groups in total. The van der Waals surface area contributed by atoms with Crippen LogP contribution in [0.1, 0.15) is 22.5 Å². The Morgan fingerprint density at radius 2 is 1.82 bits per heavy atom. The molecule has 0 spiro atoms. The number of carbonyl (C=O) groups excluding carboxylic acids is 3. The van der Waals surface area contributed by atoms with Gasteiger partial charge in [-0.1, -0.05) is 36.4 Å². The minimum Gasteiger partial charge on any atom is -0.352 e. The number of urea groups is 1. The van der Waals surface area contributed by atoms with Crippen molar-refractivity contribution in [2.24, 2.45) is 5.73 Å². The highest BCUT2D eigenvalue weighted by Crippen LogP contribution is 2.20. The lowest BCUT2D eigenvalue weighted by molar-refractivity contribution is -0.123. The van der Waals surface area contributed by atoms with Gasteiger partial charge in [0.05, 0.1) is 0 Å². The summed E-state index contributed by atoms with van der Waals surface area (Å²) in [5.41, 5.74) is 5.72. The highest BCUT2D eigenvalue weighted by Gasteiger charge is 2.25. The molecule has 0 bridgehead atoms. The SMILES string of the molecule is NC(=O)NC(C(=O)NC([C]=O)c1ccccc1)c1cccs1. The van der Waals surface area contributed by atoms with Gasteiger partial charge in [0, 0.05) is 4.88 Å². The third kappa shape index (κ3) is 3.92. The first-order chi connectivity index (χ1) is 10.6. The maximum absolute atomic E-state index is 12.4. The smallest absolute Gasteiger partial charge is 0.313 e. The molecular formula is C15H14N3O3S. The number of amides is 3. The van der Waals surface area contributed by atoms with Crippen molar-refractivity contribution in [2.45, 2.75) is 12.1 Å². The average molecular weight is 316 g/mol. The van der Waals surface area contributed by atoms with Crippen LogP contribution >= 0.6 is 11.3 Å². The molecule has 0 aliphatic carbocycles. The van der Waals surface area contributed by atoms with E-state index in [1.165, 1.54) is 11.3 Å². The zero-order valence-electron chi connectivity index (χ0n) is 11.5. The van der Waals surface area contributed by atoms with Gasteiger partial charge in [0.15, 0.2) is 0 Å². The van der Waals surface area contributed by atoms with Gasteiger partial charge in [-0.2, -0.15) is 0 Å². The maximum Gasteiger partial charge on any atom is 0.313 e. The van der Waals surface area contributed by atoms with E-state index in [-0.39, 0.29) is 0 Å². The molecule has 7 heteroatoms. The first-order valence-electron chi connectivity index (χ1n) is 6.44. The first-order valence-corrected chi connectivity index (χ1v) is 7.32. The second-order valence-electron chi connectivity index (χ2n) is 4.43. The van der Waals surface area contributed by atoms with E-state index in [0.29, 0.717) is 10.4 Å². The molecule has 2 unspecified atom stereocenters. The number of hydrogen-bond acceptors (Lipinski definition) is 4. The molecule has 0 aliphatic heterocycles. The molecular weight excluding hydrogens is 302 g/mol. The van der Waals surface area contributed by atoms with Gasteiger partial charge in [-0.3, -0.25) is 9.59 Å². The molecule has 0 fully saturated rings. The molecule has 6 nitrogen and oxygen atoms in total. The van der Waals surface area contributed by atoms with Gasteiger partial charge in [-0.25, -0.2) is 4.79 Å². The fourth-order valence-electron chi connectivity index (χ4n) is 1.92. The van der Waals surface area contributed by atoms with E-state index < -0.39 is 24.0 Å². The quantitative estimate of drug-likeness (QED) is 0.751. The van der Waals surface area contributed by atoms with Crippen molar-refractivity contribution < 1.29 is 14.4 Å². The summed E-state index contributed by atoms with van der Waals surface area (Å²) in [7, 11) is 0. The van der Waals surface area contributed by atoms with Crippen LogP contribution in [0.5, 0.6) is 0 Å². The Bertz CT molecular complexity index is 643. The summed E-state index contributed by atoms with van der Waals surface area (Å²) in [5.74, 6) is -0.529. The van der Waals surface area contributed by atoms with Gasteiger partial charge in [0.1, 0.15) is 12.1 Å². The molecule has 2 atom stereocenters. The van der Waals surface area contributed by atoms with Gasteiger partial charge in [0.25, 0.3) is 0 Å². The number of hydrogen-bond donors (Lipinski definition) is 3. The zero-order chi connectivity index (χ0) is 15.9. The summed E-state index contributed by atoms with van der Waals surface area (Å²) in [4.78, 5) is 35.2. The molecule has 0 saturated heterocycles. The van der Waals surface area contributed by atoms with Gasteiger partial charge >= 0.3 is 6.03 Å². The summed E-state index contributed by atoms with van der Waals surface area (Å²) in [5, 5.41) is 6.70. The number of benzene rings is 1. The van der Waals surface area contributed by atoms with Crippen LogP contribution in [0.2, 0.25) is 0 Å². The van der Waals surface area contributed by atoms with Crippen LogP contribution in [0.15, 0.2) is 47.8 Å². The number of nitrogens with one attached hydrogen (secondary N) is 2. The largest absolute Gasteiger partial charge is 0.352 e. The summed E-state index contributed by atoms with van der Waals surface area (Å²) >= 11 is 1.30. The van der Waals surface area contributed by atoms with Crippen molar-refractivity contribution in [3.63, 3.8) is 0 Å². The fraction of sp³-hybridized carbons (Fsp3) is 0.133.